The van der Waals surface area contributed by atoms with E-state index in [2.05, 4.69) is 26.1 Å². The maximum atomic E-state index is 13.1. The van der Waals surface area contributed by atoms with Crippen molar-refractivity contribution in [3.63, 3.8) is 0 Å². The minimum Gasteiger partial charge on any atom is -0.319 e. The number of benzene rings is 1. The van der Waals surface area contributed by atoms with Crippen molar-refractivity contribution in [1.82, 2.24) is 5.32 Å². The largest absolute Gasteiger partial charge is 0.319 e. The molecule has 1 aliphatic rings. The first-order valence-electron chi connectivity index (χ1n) is 8.24. The maximum Gasteiger partial charge on any atom is 0.123 e. The van der Waals surface area contributed by atoms with Crippen LogP contribution in [0.5, 0.6) is 0 Å². The smallest absolute Gasteiger partial charge is 0.123 e. The van der Waals surface area contributed by atoms with Crippen LogP contribution in [-0.4, -0.2) is 13.6 Å². The van der Waals surface area contributed by atoms with Crippen molar-refractivity contribution in [3.05, 3.63) is 35.6 Å². The Hall–Kier alpha value is -0.890. The lowest BCUT2D eigenvalue weighted by Gasteiger charge is -2.44. The second-order valence-corrected chi connectivity index (χ2v) is 7.97. The minimum atomic E-state index is -0.141. The van der Waals surface area contributed by atoms with Crippen LogP contribution in [0.3, 0.4) is 0 Å². The van der Waals surface area contributed by atoms with Gasteiger partial charge in [0.1, 0.15) is 5.82 Å². The van der Waals surface area contributed by atoms with Crippen LogP contribution < -0.4 is 5.32 Å². The SMILES string of the molecule is CNCC1(Cc2ccc(F)cc2)CCC(C(C)(C)C)CC1. The van der Waals surface area contributed by atoms with Gasteiger partial charge in [0.05, 0.1) is 0 Å². The van der Waals surface area contributed by atoms with Crippen molar-refractivity contribution in [1.29, 1.82) is 0 Å². The summed E-state index contributed by atoms with van der Waals surface area (Å²) in [5, 5.41) is 3.39. The van der Waals surface area contributed by atoms with Crippen molar-refractivity contribution >= 4 is 0 Å². The van der Waals surface area contributed by atoms with Crippen LogP contribution in [0.1, 0.15) is 52.0 Å². The van der Waals surface area contributed by atoms with Crippen LogP contribution >= 0.6 is 0 Å². The molecule has 2 rings (SSSR count). The molecule has 1 aromatic carbocycles. The van der Waals surface area contributed by atoms with E-state index in [1.165, 1.54) is 31.2 Å². The summed E-state index contributed by atoms with van der Waals surface area (Å²) in [5.41, 5.74) is 2.02. The predicted molar refractivity (Wildman–Crippen MR) is 87.9 cm³/mol. The number of nitrogens with one attached hydrogen (secondary N) is 1. The van der Waals surface area contributed by atoms with Crippen LogP contribution in [0, 0.1) is 22.6 Å². The van der Waals surface area contributed by atoms with Crippen LogP contribution in [0.25, 0.3) is 0 Å². The lowest BCUT2D eigenvalue weighted by Crippen LogP contribution is -2.40. The molecule has 0 amide bonds. The van der Waals surface area contributed by atoms with E-state index in [1.54, 1.807) is 12.1 Å². The first kappa shape index (κ1) is 16.5. The first-order chi connectivity index (χ1) is 9.85. The Bertz CT molecular complexity index is 436. The summed E-state index contributed by atoms with van der Waals surface area (Å²) in [7, 11) is 2.04. The number of rotatable bonds is 4. The third-order valence-corrected chi connectivity index (χ3v) is 5.32. The number of halogens is 1. The number of hydrogen-bond donors (Lipinski definition) is 1. The molecule has 21 heavy (non-hydrogen) atoms. The van der Waals surface area contributed by atoms with E-state index in [1.807, 2.05) is 19.2 Å². The van der Waals surface area contributed by atoms with E-state index in [0.717, 1.165) is 18.9 Å². The molecule has 0 aromatic heterocycles. The molecule has 1 fully saturated rings. The van der Waals surface area contributed by atoms with Crippen molar-refractivity contribution in [3.8, 4) is 0 Å². The molecule has 2 heteroatoms. The first-order valence-corrected chi connectivity index (χ1v) is 8.24. The van der Waals surface area contributed by atoms with E-state index in [4.69, 9.17) is 0 Å². The Morgan fingerprint density at radius 2 is 1.71 bits per heavy atom. The van der Waals surface area contributed by atoms with Crippen molar-refractivity contribution in [2.24, 2.45) is 16.7 Å². The molecule has 118 valence electrons. The average molecular weight is 291 g/mol. The Kier molecular flexibility index (Phi) is 5.08. The molecule has 0 radical (unpaired) electrons. The highest BCUT2D eigenvalue weighted by Gasteiger charge is 2.38. The van der Waals surface area contributed by atoms with Gasteiger partial charge in [-0.05, 0) is 73.6 Å². The Labute approximate surface area is 129 Å². The molecule has 1 aliphatic carbocycles. The molecule has 0 atom stereocenters. The molecule has 1 nitrogen and oxygen atoms in total. The van der Waals surface area contributed by atoms with E-state index in [0.29, 0.717) is 10.8 Å². The predicted octanol–water partition coefficient (Wildman–Crippen LogP) is 4.81. The molecule has 1 N–H and O–H groups in total. The van der Waals surface area contributed by atoms with Gasteiger partial charge in [-0.25, -0.2) is 4.39 Å². The quantitative estimate of drug-likeness (QED) is 0.839. The summed E-state index contributed by atoms with van der Waals surface area (Å²) in [6.07, 6.45) is 6.23. The zero-order valence-corrected chi connectivity index (χ0v) is 14.0. The molecule has 0 heterocycles. The van der Waals surface area contributed by atoms with Gasteiger partial charge in [0.15, 0.2) is 0 Å². The van der Waals surface area contributed by atoms with Gasteiger partial charge in [0.25, 0.3) is 0 Å². The van der Waals surface area contributed by atoms with Crippen molar-refractivity contribution in [2.45, 2.75) is 52.9 Å². The average Bonchev–Trinajstić information content (AvgIpc) is 2.41. The molecule has 0 aliphatic heterocycles. The summed E-state index contributed by atoms with van der Waals surface area (Å²) in [4.78, 5) is 0. The van der Waals surface area contributed by atoms with Crippen LogP contribution in [0.15, 0.2) is 24.3 Å². The monoisotopic (exact) mass is 291 g/mol. The van der Waals surface area contributed by atoms with E-state index >= 15 is 0 Å². The number of hydrogen-bond acceptors (Lipinski definition) is 1. The lowest BCUT2D eigenvalue weighted by molar-refractivity contribution is 0.0876. The standard InChI is InChI=1S/C19H30FN/c1-18(2,3)16-9-11-19(12-10-16,14-21-4)13-15-5-7-17(20)8-6-15/h5-8,16,21H,9-14H2,1-4H3. The Balaban J connectivity index is 2.06. The van der Waals surface area contributed by atoms with Gasteiger partial charge >= 0.3 is 0 Å². The summed E-state index contributed by atoms with van der Waals surface area (Å²) in [6, 6.07) is 7.07. The highest BCUT2D eigenvalue weighted by molar-refractivity contribution is 5.18. The van der Waals surface area contributed by atoms with Gasteiger partial charge in [-0.1, -0.05) is 32.9 Å². The van der Waals surface area contributed by atoms with E-state index in [-0.39, 0.29) is 5.82 Å². The highest BCUT2D eigenvalue weighted by atomic mass is 19.1. The van der Waals surface area contributed by atoms with Crippen LogP contribution in [0.2, 0.25) is 0 Å². The summed E-state index contributed by atoms with van der Waals surface area (Å²) in [6.45, 7) is 8.15. The topological polar surface area (TPSA) is 12.0 Å². The fraction of sp³-hybridized carbons (Fsp3) is 0.684. The molecular weight excluding hydrogens is 261 g/mol. The van der Waals surface area contributed by atoms with Crippen LogP contribution in [-0.2, 0) is 6.42 Å². The normalized spacial score (nSPS) is 26.8. The zero-order valence-electron chi connectivity index (χ0n) is 14.0. The van der Waals surface area contributed by atoms with Gasteiger partial charge in [-0.3, -0.25) is 0 Å². The second-order valence-electron chi connectivity index (χ2n) is 7.97. The van der Waals surface area contributed by atoms with Gasteiger partial charge in [-0.2, -0.15) is 0 Å². The lowest BCUT2D eigenvalue weighted by atomic mass is 9.62. The molecule has 0 bridgehead atoms. The fourth-order valence-electron chi connectivity index (χ4n) is 3.92. The minimum absolute atomic E-state index is 0.141. The van der Waals surface area contributed by atoms with E-state index in [9.17, 15) is 4.39 Å². The van der Waals surface area contributed by atoms with Crippen LogP contribution in [0.4, 0.5) is 4.39 Å². The molecule has 1 saturated carbocycles. The molecule has 0 spiro atoms. The van der Waals surface area contributed by atoms with Gasteiger partial charge in [0.2, 0.25) is 0 Å². The van der Waals surface area contributed by atoms with E-state index < -0.39 is 0 Å². The molecule has 1 aromatic rings. The molecule has 0 unspecified atom stereocenters. The summed E-state index contributed by atoms with van der Waals surface area (Å²) >= 11 is 0. The molecule has 0 saturated heterocycles. The highest BCUT2D eigenvalue weighted by Crippen LogP contribution is 2.46. The van der Waals surface area contributed by atoms with Gasteiger partial charge in [0, 0.05) is 6.54 Å². The van der Waals surface area contributed by atoms with Gasteiger partial charge < -0.3 is 5.32 Å². The third-order valence-electron chi connectivity index (χ3n) is 5.32. The third kappa shape index (κ3) is 4.29. The Morgan fingerprint density at radius 1 is 1.14 bits per heavy atom. The van der Waals surface area contributed by atoms with Crippen molar-refractivity contribution in [2.75, 3.05) is 13.6 Å². The Morgan fingerprint density at radius 3 is 2.19 bits per heavy atom. The van der Waals surface area contributed by atoms with Gasteiger partial charge in [-0.15, -0.1) is 0 Å². The summed E-state index contributed by atoms with van der Waals surface area (Å²) < 4.78 is 13.1. The van der Waals surface area contributed by atoms with Crippen molar-refractivity contribution < 1.29 is 4.39 Å². The summed E-state index contributed by atoms with van der Waals surface area (Å²) in [5.74, 6) is 0.688. The second kappa shape index (κ2) is 6.48. The molecular formula is C19H30FN. The maximum absolute atomic E-state index is 13.1. The zero-order chi connectivity index (χ0) is 15.5. The fourth-order valence-corrected chi connectivity index (χ4v) is 3.92.